The van der Waals surface area contributed by atoms with E-state index in [1.807, 2.05) is 0 Å². The molecule has 0 radical (unpaired) electrons. The molecular weight excluding hydrogens is 302 g/mol. The number of rotatable bonds is 3. The van der Waals surface area contributed by atoms with Crippen LogP contribution >= 0.6 is 0 Å². The highest BCUT2D eigenvalue weighted by atomic mass is 15.0. The molecule has 3 aromatic rings. The third-order valence-electron chi connectivity index (χ3n) is 4.84. The second kappa shape index (κ2) is 6.25. The van der Waals surface area contributed by atoms with Gasteiger partial charge in [-0.2, -0.15) is 0 Å². The second-order valence-corrected chi connectivity index (χ2v) is 7.34. The van der Waals surface area contributed by atoms with Crippen LogP contribution in [0.4, 0.5) is 0 Å². The average molecular weight is 325 g/mol. The molecule has 0 amide bonds. The van der Waals surface area contributed by atoms with E-state index in [1.54, 1.807) is 0 Å². The standard InChI is InChI=1S/C24H23N/c1-24(2)16-13-21(14-17-24)25-18-15-22(19-9-5-3-6-10-19)23(25)20-11-7-4-8-12-20/h3-16,18H,17H2,1-2H3. The highest BCUT2D eigenvalue weighted by molar-refractivity contribution is 5.85. The quantitative estimate of drug-likeness (QED) is 0.508. The largest absolute Gasteiger partial charge is 0.316 e. The minimum absolute atomic E-state index is 0.242. The Morgan fingerprint density at radius 3 is 2.04 bits per heavy atom. The number of hydrogen-bond acceptors (Lipinski definition) is 0. The van der Waals surface area contributed by atoms with Crippen molar-refractivity contribution in [2.24, 2.45) is 5.41 Å². The molecule has 0 fully saturated rings. The molecule has 1 aliphatic carbocycles. The first-order chi connectivity index (χ1) is 12.1. The van der Waals surface area contributed by atoms with Crippen molar-refractivity contribution >= 4 is 5.70 Å². The molecule has 1 heteroatoms. The highest BCUT2D eigenvalue weighted by Crippen LogP contribution is 2.37. The molecule has 25 heavy (non-hydrogen) atoms. The van der Waals surface area contributed by atoms with Gasteiger partial charge in [-0.3, -0.25) is 0 Å². The maximum atomic E-state index is 2.35. The number of aromatic nitrogens is 1. The van der Waals surface area contributed by atoms with Gasteiger partial charge in [0.15, 0.2) is 0 Å². The maximum absolute atomic E-state index is 2.35. The molecule has 0 saturated heterocycles. The first-order valence-corrected chi connectivity index (χ1v) is 8.86. The zero-order valence-electron chi connectivity index (χ0n) is 14.8. The van der Waals surface area contributed by atoms with E-state index >= 15 is 0 Å². The zero-order chi connectivity index (χ0) is 17.3. The molecule has 4 rings (SSSR count). The van der Waals surface area contributed by atoms with Gasteiger partial charge in [0.1, 0.15) is 0 Å². The predicted octanol–water partition coefficient (Wildman–Crippen LogP) is 6.65. The summed E-state index contributed by atoms with van der Waals surface area (Å²) in [6.45, 7) is 4.56. The van der Waals surface area contributed by atoms with Crippen LogP contribution in [0.15, 0.2) is 91.2 Å². The van der Waals surface area contributed by atoms with E-state index in [4.69, 9.17) is 0 Å². The first kappa shape index (κ1) is 15.7. The van der Waals surface area contributed by atoms with Gasteiger partial charge in [-0.1, -0.05) is 86.7 Å². The molecule has 0 spiro atoms. The Morgan fingerprint density at radius 2 is 1.44 bits per heavy atom. The van der Waals surface area contributed by atoms with Crippen LogP contribution in [0.5, 0.6) is 0 Å². The lowest BCUT2D eigenvalue weighted by atomic mass is 9.85. The summed E-state index contributed by atoms with van der Waals surface area (Å²) in [5.74, 6) is 0. The molecule has 0 unspecified atom stereocenters. The Balaban J connectivity index is 1.88. The summed E-state index contributed by atoms with van der Waals surface area (Å²) in [6, 6.07) is 23.5. The minimum Gasteiger partial charge on any atom is -0.316 e. The molecule has 1 aromatic heterocycles. The van der Waals surface area contributed by atoms with Crippen LogP contribution in [0.3, 0.4) is 0 Å². The first-order valence-electron chi connectivity index (χ1n) is 8.86. The topological polar surface area (TPSA) is 4.93 Å². The van der Waals surface area contributed by atoms with Crippen LogP contribution in [0.25, 0.3) is 28.1 Å². The lowest BCUT2D eigenvalue weighted by molar-refractivity contribution is 0.484. The van der Waals surface area contributed by atoms with Crippen molar-refractivity contribution in [2.45, 2.75) is 20.3 Å². The summed E-state index contributed by atoms with van der Waals surface area (Å²) in [5.41, 5.74) is 6.51. The van der Waals surface area contributed by atoms with Crippen molar-refractivity contribution < 1.29 is 0 Å². The Hall–Kier alpha value is -2.80. The average Bonchev–Trinajstić information content (AvgIpc) is 3.08. The highest BCUT2D eigenvalue weighted by Gasteiger charge is 2.19. The van der Waals surface area contributed by atoms with Gasteiger partial charge in [0.05, 0.1) is 5.69 Å². The van der Waals surface area contributed by atoms with E-state index in [0.29, 0.717) is 0 Å². The lowest BCUT2D eigenvalue weighted by Crippen LogP contribution is -2.10. The van der Waals surface area contributed by atoms with Gasteiger partial charge in [-0.05, 0) is 35.1 Å². The summed E-state index contributed by atoms with van der Waals surface area (Å²) in [4.78, 5) is 0. The molecule has 0 aliphatic heterocycles. The summed E-state index contributed by atoms with van der Waals surface area (Å²) >= 11 is 0. The summed E-state index contributed by atoms with van der Waals surface area (Å²) in [6.07, 6.45) is 10.2. The molecule has 1 aliphatic rings. The Kier molecular flexibility index (Phi) is 3.93. The van der Waals surface area contributed by atoms with Crippen molar-refractivity contribution in [1.82, 2.24) is 4.57 Å². The Bertz CT molecular complexity index is 925. The second-order valence-electron chi connectivity index (χ2n) is 7.34. The van der Waals surface area contributed by atoms with E-state index in [2.05, 4.69) is 110 Å². The predicted molar refractivity (Wildman–Crippen MR) is 107 cm³/mol. The Labute approximate surface area is 149 Å². The fourth-order valence-corrected chi connectivity index (χ4v) is 3.38. The monoisotopic (exact) mass is 325 g/mol. The molecule has 0 atom stereocenters. The van der Waals surface area contributed by atoms with Crippen LogP contribution in [-0.4, -0.2) is 4.57 Å². The van der Waals surface area contributed by atoms with Gasteiger partial charge >= 0.3 is 0 Å². The van der Waals surface area contributed by atoms with E-state index in [9.17, 15) is 0 Å². The maximum Gasteiger partial charge on any atom is 0.0606 e. The van der Waals surface area contributed by atoms with Crippen LogP contribution < -0.4 is 0 Å². The Morgan fingerprint density at radius 1 is 0.800 bits per heavy atom. The summed E-state index contributed by atoms with van der Waals surface area (Å²) in [5, 5.41) is 0. The van der Waals surface area contributed by atoms with Gasteiger partial charge in [0, 0.05) is 17.5 Å². The molecule has 0 N–H and O–H groups in total. The van der Waals surface area contributed by atoms with Crippen LogP contribution in [0.2, 0.25) is 0 Å². The van der Waals surface area contributed by atoms with E-state index in [1.165, 1.54) is 28.1 Å². The van der Waals surface area contributed by atoms with Crippen LogP contribution in [-0.2, 0) is 0 Å². The van der Waals surface area contributed by atoms with E-state index in [-0.39, 0.29) is 5.41 Å². The third kappa shape index (κ3) is 3.10. The van der Waals surface area contributed by atoms with Crippen molar-refractivity contribution in [2.75, 3.05) is 0 Å². The van der Waals surface area contributed by atoms with Crippen molar-refractivity contribution in [3.8, 4) is 22.4 Å². The fourth-order valence-electron chi connectivity index (χ4n) is 3.38. The smallest absolute Gasteiger partial charge is 0.0606 e. The SMILES string of the molecule is CC1(C)C=CC(n2ccc(-c3ccccc3)c2-c2ccccc2)=CC1. The fraction of sp³-hybridized carbons (Fsp3) is 0.167. The summed E-state index contributed by atoms with van der Waals surface area (Å²) < 4.78 is 2.32. The van der Waals surface area contributed by atoms with Crippen LogP contribution in [0, 0.1) is 5.41 Å². The van der Waals surface area contributed by atoms with E-state index < -0.39 is 0 Å². The van der Waals surface area contributed by atoms with Gasteiger partial charge in [-0.15, -0.1) is 0 Å². The van der Waals surface area contributed by atoms with Crippen molar-refractivity contribution in [3.63, 3.8) is 0 Å². The van der Waals surface area contributed by atoms with Gasteiger partial charge in [-0.25, -0.2) is 0 Å². The molecule has 2 aromatic carbocycles. The van der Waals surface area contributed by atoms with Gasteiger partial charge < -0.3 is 4.57 Å². The molecule has 0 bridgehead atoms. The zero-order valence-corrected chi connectivity index (χ0v) is 14.8. The van der Waals surface area contributed by atoms with E-state index in [0.717, 1.165) is 6.42 Å². The normalized spacial score (nSPS) is 15.8. The van der Waals surface area contributed by atoms with Gasteiger partial charge in [0.25, 0.3) is 0 Å². The molecule has 0 saturated carbocycles. The minimum atomic E-state index is 0.242. The molecule has 1 nitrogen and oxygen atoms in total. The number of nitrogens with zero attached hydrogens (tertiary/aromatic N) is 1. The van der Waals surface area contributed by atoms with Crippen molar-refractivity contribution in [1.29, 1.82) is 0 Å². The molecule has 124 valence electrons. The molecular formula is C24H23N. The third-order valence-corrected chi connectivity index (χ3v) is 4.84. The summed E-state index contributed by atoms with van der Waals surface area (Å²) in [7, 11) is 0. The molecule has 1 heterocycles. The number of benzene rings is 2. The number of hydrogen-bond donors (Lipinski definition) is 0. The van der Waals surface area contributed by atoms with Crippen molar-refractivity contribution in [3.05, 3.63) is 91.2 Å². The lowest BCUT2D eigenvalue weighted by Gasteiger charge is -2.24. The number of allylic oxidation sites excluding steroid dienone is 4. The van der Waals surface area contributed by atoms with Gasteiger partial charge in [0.2, 0.25) is 0 Å². The van der Waals surface area contributed by atoms with Crippen LogP contribution in [0.1, 0.15) is 20.3 Å².